The molecule has 27 heavy (non-hydrogen) atoms. The maximum Gasteiger partial charge on any atom is 0.226 e. The fraction of sp³-hybridized carbons (Fsp3) is 0.905. The fourth-order valence-corrected chi connectivity index (χ4v) is 5.29. The summed E-state index contributed by atoms with van der Waals surface area (Å²) in [5, 5.41) is 19.4. The van der Waals surface area contributed by atoms with Gasteiger partial charge in [-0.2, -0.15) is 0 Å². The van der Waals surface area contributed by atoms with Gasteiger partial charge in [0.1, 0.15) is 0 Å². The highest BCUT2D eigenvalue weighted by molar-refractivity contribution is 5.88. The van der Waals surface area contributed by atoms with Crippen LogP contribution in [0.3, 0.4) is 0 Å². The molecule has 2 amide bonds. The molecule has 6 nitrogen and oxygen atoms in total. The van der Waals surface area contributed by atoms with E-state index in [0.29, 0.717) is 13.1 Å². The first-order chi connectivity index (χ1) is 12.8. The number of amides is 2. The summed E-state index contributed by atoms with van der Waals surface area (Å²) in [4.78, 5) is 30.2. The third kappa shape index (κ3) is 4.32. The van der Waals surface area contributed by atoms with Crippen LogP contribution in [0.5, 0.6) is 0 Å². The smallest absolute Gasteiger partial charge is 0.226 e. The highest BCUT2D eigenvalue weighted by atomic mass is 16.3. The number of piperidine rings is 2. The van der Waals surface area contributed by atoms with Gasteiger partial charge in [0.15, 0.2) is 0 Å². The molecule has 0 aromatic carbocycles. The first-order valence-corrected chi connectivity index (χ1v) is 10.6. The number of hydrogen-bond donors (Lipinski definition) is 2. The Hall–Kier alpha value is -1.14. The van der Waals surface area contributed by atoms with Crippen molar-refractivity contribution in [1.82, 2.24) is 9.80 Å². The first kappa shape index (κ1) is 20.6. The van der Waals surface area contributed by atoms with Gasteiger partial charge in [0.25, 0.3) is 0 Å². The standard InChI is InChI=1S/C21H36N2O4/c1-20(14-24)8-4-10-22(12-20)18(26)16-6-3-7-17(16)19(27)23-11-5-9-21(2,13-23)15-25/h16-17,24-25H,3-15H2,1-2H3/t16-,17-,20-,21+/m1/s1. The predicted octanol–water partition coefficient (Wildman–Crippen LogP) is 1.64. The van der Waals surface area contributed by atoms with Gasteiger partial charge < -0.3 is 20.0 Å². The number of hydrogen-bond acceptors (Lipinski definition) is 4. The van der Waals surface area contributed by atoms with Crippen molar-refractivity contribution in [2.45, 2.75) is 58.8 Å². The minimum atomic E-state index is -0.221. The van der Waals surface area contributed by atoms with Gasteiger partial charge >= 0.3 is 0 Å². The van der Waals surface area contributed by atoms with E-state index in [-0.39, 0.29) is 47.7 Å². The minimum Gasteiger partial charge on any atom is -0.396 e. The van der Waals surface area contributed by atoms with Crippen LogP contribution in [-0.2, 0) is 9.59 Å². The summed E-state index contributed by atoms with van der Waals surface area (Å²) < 4.78 is 0. The zero-order valence-corrected chi connectivity index (χ0v) is 17.0. The average Bonchev–Trinajstić information content (AvgIpc) is 3.16. The van der Waals surface area contributed by atoms with Crippen LogP contribution in [0.4, 0.5) is 0 Å². The molecule has 6 heteroatoms. The summed E-state index contributed by atoms with van der Waals surface area (Å²) in [6.07, 6.45) is 6.19. The van der Waals surface area contributed by atoms with Gasteiger partial charge in [0, 0.05) is 48.8 Å². The minimum absolute atomic E-state index is 0.0946. The van der Waals surface area contributed by atoms with E-state index in [1.54, 1.807) is 0 Å². The maximum absolute atomic E-state index is 13.2. The van der Waals surface area contributed by atoms with Crippen molar-refractivity contribution in [3.63, 3.8) is 0 Å². The van der Waals surface area contributed by atoms with Crippen LogP contribution in [0.15, 0.2) is 0 Å². The van der Waals surface area contributed by atoms with Crippen molar-refractivity contribution in [3.8, 4) is 0 Å². The van der Waals surface area contributed by atoms with Gasteiger partial charge in [-0.1, -0.05) is 20.3 Å². The van der Waals surface area contributed by atoms with Crippen molar-refractivity contribution in [1.29, 1.82) is 0 Å². The summed E-state index contributed by atoms with van der Waals surface area (Å²) in [5.41, 5.74) is -0.441. The van der Waals surface area contributed by atoms with E-state index >= 15 is 0 Å². The molecule has 0 spiro atoms. The maximum atomic E-state index is 13.2. The average molecular weight is 381 g/mol. The van der Waals surface area contributed by atoms with E-state index in [9.17, 15) is 19.8 Å². The Labute approximate surface area is 162 Å². The summed E-state index contributed by atoms with van der Waals surface area (Å²) >= 11 is 0. The van der Waals surface area contributed by atoms with E-state index in [2.05, 4.69) is 0 Å². The number of aliphatic hydroxyl groups excluding tert-OH is 2. The normalized spacial score (nSPS) is 37.5. The lowest BCUT2D eigenvalue weighted by molar-refractivity contribution is -0.149. The lowest BCUT2D eigenvalue weighted by Gasteiger charge is -2.42. The van der Waals surface area contributed by atoms with E-state index in [1.165, 1.54) is 0 Å². The quantitative estimate of drug-likeness (QED) is 0.777. The van der Waals surface area contributed by atoms with Crippen LogP contribution in [-0.4, -0.2) is 71.2 Å². The second-order valence-electron chi connectivity index (χ2n) is 9.81. The van der Waals surface area contributed by atoms with E-state index in [1.807, 2.05) is 23.6 Å². The third-order valence-corrected chi connectivity index (χ3v) is 7.10. The predicted molar refractivity (Wildman–Crippen MR) is 103 cm³/mol. The van der Waals surface area contributed by atoms with Crippen LogP contribution in [0.1, 0.15) is 58.8 Å². The highest BCUT2D eigenvalue weighted by Gasteiger charge is 2.44. The van der Waals surface area contributed by atoms with Crippen molar-refractivity contribution in [3.05, 3.63) is 0 Å². The summed E-state index contributed by atoms with van der Waals surface area (Å²) in [5.74, 6) is -0.235. The molecule has 0 radical (unpaired) electrons. The second-order valence-corrected chi connectivity index (χ2v) is 9.81. The van der Waals surface area contributed by atoms with Gasteiger partial charge in [-0.3, -0.25) is 9.59 Å². The lowest BCUT2D eigenvalue weighted by Crippen LogP contribution is -2.52. The molecule has 0 aromatic rings. The van der Waals surface area contributed by atoms with Gasteiger partial charge in [-0.15, -0.1) is 0 Å². The Kier molecular flexibility index (Phi) is 6.16. The number of nitrogens with zero attached hydrogens (tertiary/aromatic N) is 2. The second kappa shape index (κ2) is 8.08. The highest BCUT2D eigenvalue weighted by Crippen LogP contribution is 2.38. The van der Waals surface area contributed by atoms with Crippen molar-refractivity contribution >= 4 is 11.8 Å². The van der Waals surface area contributed by atoms with Crippen molar-refractivity contribution in [2.24, 2.45) is 22.7 Å². The Balaban J connectivity index is 1.67. The van der Waals surface area contributed by atoms with Gasteiger partial charge in [-0.25, -0.2) is 0 Å². The zero-order chi connectivity index (χ0) is 19.7. The topological polar surface area (TPSA) is 81.1 Å². The molecule has 3 rings (SSSR count). The van der Waals surface area contributed by atoms with Gasteiger partial charge in [-0.05, 0) is 38.5 Å². The van der Waals surface area contributed by atoms with Crippen LogP contribution in [0.2, 0.25) is 0 Å². The molecule has 1 saturated carbocycles. The SMILES string of the molecule is C[C@]1(CO)CCCN(C(=O)[C@@H]2CCC[C@H]2C(=O)N2CCC[C@@](C)(CO)C2)C1. The molecule has 2 aliphatic heterocycles. The van der Waals surface area contributed by atoms with Gasteiger partial charge in [0.05, 0.1) is 13.2 Å². The molecule has 0 aromatic heterocycles. The largest absolute Gasteiger partial charge is 0.396 e. The van der Waals surface area contributed by atoms with Crippen LogP contribution >= 0.6 is 0 Å². The van der Waals surface area contributed by atoms with Crippen LogP contribution in [0, 0.1) is 22.7 Å². The van der Waals surface area contributed by atoms with Crippen molar-refractivity contribution in [2.75, 3.05) is 39.4 Å². The van der Waals surface area contributed by atoms with E-state index < -0.39 is 0 Å². The third-order valence-electron chi connectivity index (χ3n) is 7.10. The molecule has 4 atom stereocenters. The fourth-order valence-electron chi connectivity index (χ4n) is 5.29. The molecule has 154 valence electrons. The van der Waals surface area contributed by atoms with Crippen LogP contribution in [0.25, 0.3) is 0 Å². The van der Waals surface area contributed by atoms with E-state index in [0.717, 1.165) is 58.0 Å². The van der Waals surface area contributed by atoms with E-state index in [4.69, 9.17) is 0 Å². The molecular weight excluding hydrogens is 344 g/mol. The van der Waals surface area contributed by atoms with Crippen molar-refractivity contribution < 1.29 is 19.8 Å². The zero-order valence-electron chi connectivity index (χ0n) is 17.0. The molecular formula is C21H36N2O4. The summed E-state index contributed by atoms with van der Waals surface area (Å²) in [6, 6.07) is 0. The first-order valence-electron chi connectivity index (χ1n) is 10.6. The molecule has 2 N–H and O–H groups in total. The Bertz CT molecular complexity index is 520. The number of carbonyl (C=O) groups is 2. The number of aliphatic hydroxyl groups is 2. The molecule has 0 unspecified atom stereocenters. The lowest BCUT2D eigenvalue weighted by atomic mass is 9.81. The molecule has 2 saturated heterocycles. The molecule has 2 heterocycles. The Morgan fingerprint density at radius 2 is 1.22 bits per heavy atom. The number of likely N-dealkylation sites (tertiary alicyclic amines) is 2. The summed E-state index contributed by atoms with van der Waals surface area (Å²) in [6.45, 7) is 6.91. The monoisotopic (exact) mass is 380 g/mol. The Morgan fingerprint density at radius 1 is 0.815 bits per heavy atom. The summed E-state index contributed by atoms with van der Waals surface area (Å²) in [7, 11) is 0. The van der Waals surface area contributed by atoms with Crippen LogP contribution < -0.4 is 0 Å². The Morgan fingerprint density at radius 3 is 1.59 bits per heavy atom. The number of rotatable bonds is 4. The number of carbonyl (C=O) groups excluding carboxylic acids is 2. The van der Waals surface area contributed by atoms with Gasteiger partial charge in [0.2, 0.25) is 11.8 Å². The molecule has 0 bridgehead atoms. The molecule has 3 aliphatic rings. The molecule has 3 fully saturated rings. The molecule has 1 aliphatic carbocycles.